The van der Waals surface area contributed by atoms with E-state index in [0.717, 1.165) is 28.3 Å². The zero-order valence-electron chi connectivity index (χ0n) is 19.8. The van der Waals surface area contributed by atoms with Crippen LogP contribution in [0.25, 0.3) is 0 Å². The number of halogens is 2. The van der Waals surface area contributed by atoms with Crippen LogP contribution in [0.15, 0.2) is 48.5 Å². The standard InChI is InChI=1S/C24H31ClFN3O4S/c1-5-22(24(31)27-17(2)3)28(14-13-18-9-7-6-8-10-18)23(30)16-29(34(4,32)33)19-11-12-21(26)20(25)15-19/h6-12,15,17,22H,5,13-14,16H2,1-4H3,(H,27,31)/t22-/m0/s1. The Morgan fingerprint density at radius 2 is 1.76 bits per heavy atom. The van der Waals surface area contributed by atoms with Gasteiger partial charge in [0, 0.05) is 12.6 Å². The van der Waals surface area contributed by atoms with Crippen LogP contribution < -0.4 is 9.62 Å². The summed E-state index contributed by atoms with van der Waals surface area (Å²) < 4.78 is 39.5. The van der Waals surface area contributed by atoms with Gasteiger partial charge in [-0.25, -0.2) is 12.8 Å². The Balaban J connectivity index is 2.38. The third kappa shape index (κ3) is 7.70. The predicted octanol–water partition coefficient (Wildman–Crippen LogP) is 3.62. The number of hydrogen-bond acceptors (Lipinski definition) is 4. The molecule has 0 aromatic heterocycles. The van der Waals surface area contributed by atoms with E-state index in [2.05, 4.69) is 5.32 Å². The van der Waals surface area contributed by atoms with Crippen LogP contribution in [0.4, 0.5) is 10.1 Å². The van der Waals surface area contributed by atoms with E-state index >= 15 is 0 Å². The van der Waals surface area contributed by atoms with Crippen molar-refractivity contribution >= 4 is 39.1 Å². The third-order valence-electron chi connectivity index (χ3n) is 5.17. The van der Waals surface area contributed by atoms with Gasteiger partial charge in [0.05, 0.1) is 17.0 Å². The van der Waals surface area contributed by atoms with Crippen molar-refractivity contribution in [3.05, 3.63) is 64.9 Å². The van der Waals surface area contributed by atoms with Crippen molar-refractivity contribution < 1.29 is 22.4 Å². The van der Waals surface area contributed by atoms with Gasteiger partial charge in [0.1, 0.15) is 18.4 Å². The van der Waals surface area contributed by atoms with Gasteiger partial charge in [-0.2, -0.15) is 0 Å². The van der Waals surface area contributed by atoms with Crippen LogP contribution in [-0.4, -0.2) is 56.6 Å². The van der Waals surface area contributed by atoms with Gasteiger partial charge in [-0.05, 0) is 50.5 Å². The van der Waals surface area contributed by atoms with Crippen molar-refractivity contribution in [3.8, 4) is 0 Å². The van der Waals surface area contributed by atoms with Gasteiger partial charge in [-0.15, -0.1) is 0 Å². The first-order chi connectivity index (χ1) is 15.9. The summed E-state index contributed by atoms with van der Waals surface area (Å²) in [7, 11) is -3.91. The smallest absolute Gasteiger partial charge is 0.244 e. The van der Waals surface area contributed by atoms with Crippen molar-refractivity contribution in [1.82, 2.24) is 10.2 Å². The number of amides is 2. The SMILES string of the molecule is CC[C@@H](C(=O)NC(C)C)N(CCc1ccccc1)C(=O)CN(c1ccc(F)c(Cl)c1)S(C)(=O)=O. The van der Waals surface area contributed by atoms with Crippen LogP contribution in [0.3, 0.4) is 0 Å². The van der Waals surface area contributed by atoms with Gasteiger partial charge in [0.2, 0.25) is 21.8 Å². The molecule has 0 saturated carbocycles. The molecule has 0 heterocycles. The Morgan fingerprint density at radius 3 is 2.29 bits per heavy atom. The maximum Gasteiger partial charge on any atom is 0.244 e. The lowest BCUT2D eigenvalue weighted by Gasteiger charge is -2.33. The summed E-state index contributed by atoms with van der Waals surface area (Å²) in [5.74, 6) is -1.56. The fourth-order valence-electron chi connectivity index (χ4n) is 3.53. The summed E-state index contributed by atoms with van der Waals surface area (Å²) in [6.45, 7) is 5.10. The highest BCUT2D eigenvalue weighted by Crippen LogP contribution is 2.25. The molecule has 0 aliphatic carbocycles. The number of hydrogen-bond donors (Lipinski definition) is 1. The highest BCUT2D eigenvalue weighted by Gasteiger charge is 2.31. The van der Waals surface area contributed by atoms with Gasteiger partial charge in [-0.3, -0.25) is 13.9 Å². The van der Waals surface area contributed by atoms with Crippen LogP contribution >= 0.6 is 11.6 Å². The van der Waals surface area contributed by atoms with Crippen LogP contribution in [0.2, 0.25) is 5.02 Å². The Hall–Kier alpha value is -2.65. The summed E-state index contributed by atoms with van der Waals surface area (Å²) in [5.41, 5.74) is 1.04. The predicted molar refractivity (Wildman–Crippen MR) is 133 cm³/mol. The molecule has 0 radical (unpaired) electrons. The first-order valence-electron chi connectivity index (χ1n) is 11.0. The molecule has 0 spiro atoms. The van der Waals surface area contributed by atoms with E-state index in [9.17, 15) is 22.4 Å². The second-order valence-electron chi connectivity index (χ2n) is 8.28. The number of carbonyl (C=O) groups excluding carboxylic acids is 2. The minimum atomic E-state index is -3.91. The molecule has 0 saturated heterocycles. The second-order valence-corrected chi connectivity index (χ2v) is 10.6. The minimum absolute atomic E-state index is 0.0601. The van der Waals surface area contributed by atoms with E-state index in [1.54, 1.807) is 6.92 Å². The molecule has 0 unspecified atom stereocenters. The van der Waals surface area contributed by atoms with Crippen molar-refractivity contribution in [2.75, 3.05) is 23.7 Å². The van der Waals surface area contributed by atoms with Crippen molar-refractivity contribution in [3.63, 3.8) is 0 Å². The quantitative estimate of drug-likeness (QED) is 0.499. The molecule has 10 heteroatoms. The molecule has 2 aromatic rings. The number of sulfonamides is 1. The summed E-state index contributed by atoms with van der Waals surface area (Å²) >= 11 is 5.84. The van der Waals surface area contributed by atoms with E-state index in [1.807, 2.05) is 44.2 Å². The average molecular weight is 512 g/mol. The first-order valence-corrected chi connectivity index (χ1v) is 13.2. The Bertz CT molecular complexity index is 1100. The average Bonchev–Trinajstić information content (AvgIpc) is 2.76. The fourth-order valence-corrected chi connectivity index (χ4v) is 4.55. The summed E-state index contributed by atoms with van der Waals surface area (Å²) in [6, 6.07) is 12.0. The Kier molecular flexibility index (Phi) is 9.88. The fraction of sp³-hybridized carbons (Fsp3) is 0.417. The lowest BCUT2D eigenvalue weighted by Crippen LogP contribution is -2.54. The molecule has 1 N–H and O–H groups in total. The molecular weight excluding hydrogens is 481 g/mol. The lowest BCUT2D eigenvalue weighted by molar-refractivity contribution is -0.139. The van der Waals surface area contributed by atoms with Gasteiger partial charge in [0.15, 0.2) is 0 Å². The third-order valence-corrected chi connectivity index (χ3v) is 6.60. The maximum absolute atomic E-state index is 13.6. The molecule has 0 aliphatic heterocycles. The molecule has 2 rings (SSSR count). The number of anilines is 1. The van der Waals surface area contributed by atoms with Gasteiger partial charge in [-0.1, -0.05) is 48.9 Å². The van der Waals surface area contributed by atoms with Crippen LogP contribution in [-0.2, 0) is 26.0 Å². The monoisotopic (exact) mass is 511 g/mol. The summed E-state index contributed by atoms with van der Waals surface area (Å²) in [4.78, 5) is 27.8. The van der Waals surface area contributed by atoms with E-state index < -0.39 is 34.3 Å². The van der Waals surface area contributed by atoms with Crippen molar-refractivity contribution in [1.29, 1.82) is 0 Å². The molecule has 2 aromatic carbocycles. The number of benzene rings is 2. The summed E-state index contributed by atoms with van der Waals surface area (Å²) in [6.07, 6.45) is 1.79. The van der Waals surface area contributed by atoms with Gasteiger partial charge < -0.3 is 10.2 Å². The van der Waals surface area contributed by atoms with E-state index in [0.29, 0.717) is 12.8 Å². The maximum atomic E-state index is 13.6. The second kappa shape index (κ2) is 12.2. The lowest BCUT2D eigenvalue weighted by atomic mass is 10.1. The molecule has 34 heavy (non-hydrogen) atoms. The van der Waals surface area contributed by atoms with E-state index in [1.165, 1.54) is 11.0 Å². The van der Waals surface area contributed by atoms with Crippen molar-refractivity contribution in [2.24, 2.45) is 0 Å². The molecule has 2 amide bonds. The number of rotatable bonds is 11. The molecule has 0 aliphatic rings. The topological polar surface area (TPSA) is 86.8 Å². The Morgan fingerprint density at radius 1 is 1.12 bits per heavy atom. The van der Waals surface area contributed by atoms with E-state index in [4.69, 9.17) is 11.6 Å². The Labute approximate surface area is 205 Å². The number of nitrogens with zero attached hydrogens (tertiary/aromatic N) is 2. The normalized spacial score (nSPS) is 12.3. The van der Waals surface area contributed by atoms with Crippen LogP contribution in [0.1, 0.15) is 32.8 Å². The molecular formula is C24H31ClFN3O4S. The van der Waals surface area contributed by atoms with E-state index in [-0.39, 0.29) is 29.2 Å². The molecule has 0 fully saturated rings. The van der Waals surface area contributed by atoms with Gasteiger partial charge in [0.25, 0.3) is 0 Å². The zero-order valence-corrected chi connectivity index (χ0v) is 21.4. The number of nitrogens with one attached hydrogen (secondary N) is 1. The molecule has 0 bridgehead atoms. The van der Waals surface area contributed by atoms with Crippen molar-refractivity contribution in [2.45, 2.75) is 45.7 Å². The van der Waals surface area contributed by atoms with Gasteiger partial charge >= 0.3 is 0 Å². The van der Waals surface area contributed by atoms with Crippen LogP contribution in [0.5, 0.6) is 0 Å². The first kappa shape index (κ1) is 27.6. The highest BCUT2D eigenvalue weighted by atomic mass is 35.5. The minimum Gasteiger partial charge on any atom is -0.352 e. The largest absolute Gasteiger partial charge is 0.352 e. The summed E-state index contributed by atoms with van der Waals surface area (Å²) in [5, 5.41) is 2.57. The zero-order chi connectivity index (χ0) is 25.5. The highest BCUT2D eigenvalue weighted by molar-refractivity contribution is 7.92. The van der Waals surface area contributed by atoms with Crippen LogP contribution in [0, 0.1) is 5.82 Å². The molecule has 7 nitrogen and oxygen atoms in total. The number of carbonyl (C=O) groups is 2. The molecule has 186 valence electrons. The molecule has 1 atom stereocenters.